The summed E-state index contributed by atoms with van der Waals surface area (Å²) in [6, 6.07) is 4.01. The predicted octanol–water partition coefficient (Wildman–Crippen LogP) is 3.77. The molecule has 1 aromatic heterocycles. The van der Waals surface area contributed by atoms with Crippen molar-refractivity contribution >= 4 is 21.7 Å². The number of aromatic nitrogens is 1. The van der Waals surface area contributed by atoms with E-state index in [1.54, 1.807) is 0 Å². The number of unbranched alkanes of at least 4 members (excludes halogenated alkanes) is 1. The highest BCUT2D eigenvalue weighted by Crippen LogP contribution is 2.16. The van der Waals surface area contributed by atoms with Crippen molar-refractivity contribution in [3.8, 4) is 0 Å². The third kappa shape index (κ3) is 6.03. The Morgan fingerprint density at radius 2 is 2.12 bits per heavy atom. The van der Waals surface area contributed by atoms with Crippen molar-refractivity contribution in [3.05, 3.63) is 22.3 Å². The Hall–Kier alpha value is -0.610. The summed E-state index contributed by atoms with van der Waals surface area (Å²) in [6.07, 6.45) is 2.52. The number of nitrogens with one attached hydrogen (secondary N) is 1. The molecular formula is C13H21BrN2O. The maximum atomic E-state index is 5.48. The first-order valence-corrected chi connectivity index (χ1v) is 6.87. The third-order valence-electron chi connectivity index (χ3n) is 2.35. The van der Waals surface area contributed by atoms with E-state index in [1.807, 2.05) is 19.1 Å². The first kappa shape index (κ1) is 14.5. The number of ether oxygens (including phenoxy) is 1. The molecule has 1 heterocycles. The van der Waals surface area contributed by atoms with E-state index in [2.05, 4.69) is 40.1 Å². The monoisotopic (exact) mass is 300 g/mol. The van der Waals surface area contributed by atoms with Crippen LogP contribution in [0.5, 0.6) is 0 Å². The summed E-state index contributed by atoms with van der Waals surface area (Å²) < 4.78 is 6.53. The number of aryl methyl sites for hydroxylation is 1. The van der Waals surface area contributed by atoms with Crippen molar-refractivity contribution in [3.63, 3.8) is 0 Å². The highest BCUT2D eigenvalue weighted by Gasteiger charge is 1.98. The smallest absolute Gasteiger partial charge is 0.126 e. The van der Waals surface area contributed by atoms with Crippen LogP contribution < -0.4 is 5.32 Å². The van der Waals surface area contributed by atoms with Gasteiger partial charge in [0.1, 0.15) is 5.82 Å². The topological polar surface area (TPSA) is 34.2 Å². The van der Waals surface area contributed by atoms with E-state index in [9.17, 15) is 0 Å². The SMILES string of the molecule is Cc1nc(NCCCCOC(C)C)ccc1Br. The molecule has 0 atom stereocenters. The zero-order valence-corrected chi connectivity index (χ0v) is 12.4. The molecule has 0 amide bonds. The minimum atomic E-state index is 0.332. The number of hydrogen-bond acceptors (Lipinski definition) is 3. The number of anilines is 1. The summed E-state index contributed by atoms with van der Waals surface area (Å²) in [6.45, 7) is 7.90. The highest BCUT2D eigenvalue weighted by molar-refractivity contribution is 9.10. The second-order valence-corrected chi connectivity index (χ2v) is 5.17. The van der Waals surface area contributed by atoms with Crippen molar-refractivity contribution in [1.29, 1.82) is 0 Å². The van der Waals surface area contributed by atoms with E-state index >= 15 is 0 Å². The second kappa shape index (κ2) is 7.67. The van der Waals surface area contributed by atoms with E-state index < -0.39 is 0 Å². The zero-order chi connectivity index (χ0) is 12.7. The summed E-state index contributed by atoms with van der Waals surface area (Å²) in [4.78, 5) is 4.43. The van der Waals surface area contributed by atoms with Crippen LogP contribution in [0.4, 0.5) is 5.82 Å². The predicted molar refractivity (Wildman–Crippen MR) is 75.5 cm³/mol. The van der Waals surface area contributed by atoms with Gasteiger partial charge in [0, 0.05) is 17.6 Å². The fourth-order valence-electron chi connectivity index (χ4n) is 1.41. The number of nitrogens with zero attached hydrogens (tertiary/aromatic N) is 1. The van der Waals surface area contributed by atoms with E-state index in [1.165, 1.54) is 0 Å². The molecule has 0 saturated heterocycles. The molecule has 0 aliphatic carbocycles. The van der Waals surface area contributed by atoms with Gasteiger partial charge in [-0.15, -0.1) is 0 Å². The van der Waals surface area contributed by atoms with Crippen molar-refractivity contribution in [1.82, 2.24) is 4.98 Å². The number of pyridine rings is 1. The van der Waals surface area contributed by atoms with Crippen LogP contribution in [0.3, 0.4) is 0 Å². The van der Waals surface area contributed by atoms with Gasteiger partial charge in [0.05, 0.1) is 11.8 Å². The third-order valence-corrected chi connectivity index (χ3v) is 3.19. The van der Waals surface area contributed by atoms with Crippen LogP contribution in [0.2, 0.25) is 0 Å². The molecule has 0 aliphatic heterocycles. The van der Waals surface area contributed by atoms with Crippen LogP contribution in [-0.4, -0.2) is 24.2 Å². The van der Waals surface area contributed by atoms with Crippen LogP contribution in [0.25, 0.3) is 0 Å². The minimum absolute atomic E-state index is 0.332. The van der Waals surface area contributed by atoms with Crippen molar-refractivity contribution in [2.75, 3.05) is 18.5 Å². The molecule has 0 saturated carbocycles. The normalized spacial score (nSPS) is 10.9. The first-order chi connectivity index (χ1) is 8.09. The van der Waals surface area contributed by atoms with Gasteiger partial charge < -0.3 is 10.1 Å². The van der Waals surface area contributed by atoms with Crippen LogP contribution in [0.1, 0.15) is 32.4 Å². The number of rotatable bonds is 7. The molecule has 0 unspecified atom stereocenters. The van der Waals surface area contributed by atoms with E-state index in [0.717, 1.165) is 42.0 Å². The maximum absolute atomic E-state index is 5.48. The zero-order valence-electron chi connectivity index (χ0n) is 10.8. The van der Waals surface area contributed by atoms with Crippen LogP contribution >= 0.6 is 15.9 Å². The van der Waals surface area contributed by atoms with Gasteiger partial charge in [-0.05, 0) is 61.7 Å². The molecule has 0 radical (unpaired) electrons. The van der Waals surface area contributed by atoms with Gasteiger partial charge in [-0.2, -0.15) is 0 Å². The Balaban J connectivity index is 2.16. The van der Waals surface area contributed by atoms with Gasteiger partial charge >= 0.3 is 0 Å². The summed E-state index contributed by atoms with van der Waals surface area (Å²) in [7, 11) is 0. The molecule has 4 heteroatoms. The Morgan fingerprint density at radius 3 is 2.76 bits per heavy atom. The van der Waals surface area contributed by atoms with Gasteiger partial charge in [0.2, 0.25) is 0 Å². The lowest BCUT2D eigenvalue weighted by atomic mass is 10.3. The van der Waals surface area contributed by atoms with Crippen LogP contribution in [0, 0.1) is 6.92 Å². The lowest BCUT2D eigenvalue weighted by molar-refractivity contribution is 0.0765. The van der Waals surface area contributed by atoms with Crippen molar-refractivity contribution in [2.45, 2.75) is 39.7 Å². The van der Waals surface area contributed by atoms with E-state index in [4.69, 9.17) is 4.74 Å². The van der Waals surface area contributed by atoms with Crippen molar-refractivity contribution in [2.24, 2.45) is 0 Å². The first-order valence-electron chi connectivity index (χ1n) is 6.08. The molecule has 0 fully saturated rings. The van der Waals surface area contributed by atoms with Crippen LogP contribution in [0.15, 0.2) is 16.6 Å². The van der Waals surface area contributed by atoms with Gasteiger partial charge in [0.25, 0.3) is 0 Å². The van der Waals surface area contributed by atoms with Crippen LogP contribution in [-0.2, 0) is 4.74 Å². The summed E-state index contributed by atoms with van der Waals surface area (Å²) in [5, 5.41) is 3.31. The standard InChI is InChI=1S/C13H21BrN2O/c1-10(2)17-9-5-4-8-15-13-7-6-12(14)11(3)16-13/h6-7,10H,4-5,8-9H2,1-3H3,(H,15,16). The van der Waals surface area contributed by atoms with Gasteiger partial charge in [-0.1, -0.05) is 0 Å². The number of halogens is 1. The van der Waals surface area contributed by atoms with Gasteiger partial charge in [-0.25, -0.2) is 4.98 Å². The van der Waals surface area contributed by atoms with Gasteiger partial charge in [-0.3, -0.25) is 0 Å². The molecule has 1 aromatic rings. The molecule has 3 nitrogen and oxygen atoms in total. The van der Waals surface area contributed by atoms with Gasteiger partial charge in [0.15, 0.2) is 0 Å². The van der Waals surface area contributed by atoms with Crippen molar-refractivity contribution < 1.29 is 4.74 Å². The Labute approximate surface area is 112 Å². The molecule has 1 N–H and O–H groups in total. The maximum Gasteiger partial charge on any atom is 0.126 e. The average molecular weight is 301 g/mol. The summed E-state index contributed by atoms with van der Waals surface area (Å²) >= 11 is 3.44. The molecule has 0 bridgehead atoms. The quantitative estimate of drug-likeness (QED) is 0.778. The molecule has 0 aromatic carbocycles. The van der Waals surface area contributed by atoms with E-state index in [0.29, 0.717) is 6.10 Å². The Bertz CT molecular complexity index is 342. The lowest BCUT2D eigenvalue weighted by Crippen LogP contribution is -2.07. The molecule has 0 aliphatic rings. The average Bonchev–Trinajstić information content (AvgIpc) is 2.27. The minimum Gasteiger partial charge on any atom is -0.379 e. The molecular weight excluding hydrogens is 280 g/mol. The summed E-state index contributed by atoms with van der Waals surface area (Å²) in [5.41, 5.74) is 1.01. The Morgan fingerprint density at radius 1 is 1.35 bits per heavy atom. The highest BCUT2D eigenvalue weighted by atomic mass is 79.9. The second-order valence-electron chi connectivity index (χ2n) is 4.32. The lowest BCUT2D eigenvalue weighted by Gasteiger charge is -2.09. The molecule has 17 heavy (non-hydrogen) atoms. The fraction of sp³-hybridized carbons (Fsp3) is 0.615. The number of hydrogen-bond donors (Lipinski definition) is 1. The largest absolute Gasteiger partial charge is 0.379 e. The fourth-order valence-corrected chi connectivity index (χ4v) is 1.63. The molecule has 96 valence electrons. The Kier molecular flexibility index (Phi) is 6.52. The van der Waals surface area contributed by atoms with E-state index in [-0.39, 0.29) is 0 Å². The summed E-state index contributed by atoms with van der Waals surface area (Å²) in [5.74, 6) is 0.940. The molecule has 1 rings (SSSR count). The molecule has 0 spiro atoms.